The van der Waals surface area contributed by atoms with E-state index < -0.39 is 46.6 Å². The van der Waals surface area contributed by atoms with Gasteiger partial charge in [0.05, 0.1) is 41.9 Å². The Labute approximate surface area is 286 Å². The highest BCUT2D eigenvalue weighted by Crippen LogP contribution is 2.35. The monoisotopic (exact) mass is 690 g/mol. The summed E-state index contributed by atoms with van der Waals surface area (Å²) in [5.41, 5.74) is 2.52. The fourth-order valence-corrected chi connectivity index (χ4v) is 8.09. The zero-order valence-corrected chi connectivity index (χ0v) is 28.3. The lowest BCUT2D eigenvalue weighted by Gasteiger charge is -2.31. The summed E-state index contributed by atoms with van der Waals surface area (Å²) in [6.07, 6.45) is -0.434. The molecule has 12 nitrogen and oxygen atoms in total. The van der Waals surface area contributed by atoms with Gasteiger partial charge in [-0.15, -0.1) is 0 Å². The van der Waals surface area contributed by atoms with Crippen LogP contribution in [0.3, 0.4) is 0 Å². The molecule has 2 saturated heterocycles. The molecule has 3 aliphatic heterocycles. The van der Waals surface area contributed by atoms with Crippen LogP contribution < -0.4 is 10.6 Å². The molecule has 13 heteroatoms. The first-order valence-corrected chi connectivity index (χ1v) is 18.0. The van der Waals surface area contributed by atoms with Crippen LogP contribution >= 0.6 is 0 Å². The second-order valence-electron chi connectivity index (χ2n) is 13.0. The number of hydrogen-bond acceptors (Lipinski definition) is 9. The topological polar surface area (TPSA) is 156 Å². The first kappa shape index (κ1) is 34.7. The predicted molar refractivity (Wildman–Crippen MR) is 183 cm³/mol. The number of fused-ring (bicyclic) bond motifs is 2. The summed E-state index contributed by atoms with van der Waals surface area (Å²) in [5.74, 6) is -1.23. The maximum absolute atomic E-state index is 14.2. The van der Waals surface area contributed by atoms with Gasteiger partial charge in [0, 0.05) is 25.0 Å². The third-order valence-corrected chi connectivity index (χ3v) is 10.8. The van der Waals surface area contributed by atoms with E-state index in [1.165, 1.54) is 22.7 Å². The Morgan fingerprint density at radius 3 is 2.55 bits per heavy atom. The number of aliphatic hydroxyl groups excluding tert-OH is 1. The Kier molecular flexibility index (Phi) is 10.8. The molecule has 0 aliphatic carbocycles. The second kappa shape index (κ2) is 15.2. The van der Waals surface area contributed by atoms with Gasteiger partial charge in [-0.3, -0.25) is 9.79 Å². The molecule has 0 bridgehead atoms. The van der Waals surface area contributed by atoms with Gasteiger partial charge >= 0.3 is 6.09 Å². The molecule has 260 valence electrons. The Hall–Kier alpha value is -4.14. The zero-order chi connectivity index (χ0) is 34.5. The Bertz CT molecular complexity index is 1760. The summed E-state index contributed by atoms with van der Waals surface area (Å²) in [6, 6.07) is 22.1. The lowest BCUT2D eigenvalue weighted by Crippen LogP contribution is -2.51. The number of carbonyl (C=O) groups excluding carboxylic acids is 2. The van der Waals surface area contributed by atoms with Crippen molar-refractivity contribution in [1.29, 1.82) is 0 Å². The number of aliphatic imine (C=N–C) groups is 1. The normalized spacial score (nSPS) is 23.0. The van der Waals surface area contributed by atoms with E-state index in [1.54, 1.807) is 6.07 Å². The highest BCUT2D eigenvalue weighted by atomic mass is 32.2. The van der Waals surface area contributed by atoms with Crippen LogP contribution in [0.5, 0.6) is 0 Å². The van der Waals surface area contributed by atoms with Crippen molar-refractivity contribution < 1.29 is 37.3 Å². The van der Waals surface area contributed by atoms with E-state index in [-0.39, 0.29) is 48.8 Å². The quantitative estimate of drug-likeness (QED) is 0.225. The van der Waals surface area contributed by atoms with Gasteiger partial charge in [0.15, 0.2) is 6.29 Å². The van der Waals surface area contributed by atoms with Crippen LogP contribution in [0.2, 0.25) is 0 Å². The van der Waals surface area contributed by atoms with Gasteiger partial charge in [0.2, 0.25) is 15.9 Å². The van der Waals surface area contributed by atoms with E-state index >= 15 is 0 Å². The van der Waals surface area contributed by atoms with E-state index in [1.807, 2.05) is 74.5 Å². The second-order valence-corrected chi connectivity index (χ2v) is 15.0. The third-order valence-electron chi connectivity index (χ3n) is 8.93. The average Bonchev–Trinajstić information content (AvgIpc) is 3.79. The van der Waals surface area contributed by atoms with Crippen LogP contribution in [-0.4, -0.2) is 86.9 Å². The number of sulfonamides is 1. The molecule has 49 heavy (non-hydrogen) atoms. The van der Waals surface area contributed by atoms with Gasteiger partial charge in [0.25, 0.3) is 0 Å². The largest absolute Gasteiger partial charge is 0.443 e. The lowest BCUT2D eigenvalue weighted by molar-refractivity contribution is -0.115. The molecule has 3 heterocycles. The number of ether oxygens (including phenoxy) is 3. The molecule has 6 unspecified atom stereocenters. The van der Waals surface area contributed by atoms with E-state index in [4.69, 9.17) is 14.2 Å². The molecule has 0 spiro atoms. The van der Waals surface area contributed by atoms with Crippen LogP contribution in [0.4, 0.5) is 16.2 Å². The molecule has 0 radical (unpaired) electrons. The van der Waals surface area contributed by atoms with E-state index in [2.05, 4.69) is 15.6 Å². The Balaban J connectivity index is 1.22. The Morgan fingerprint density at radius 1 is 1.08 bits per heavy atom. The van der Waals surface area contributed by atoms with Gasteiger partial charge in [-0.25, -0.2) is 13.2 Å². The van der Waals surface area contributed by atoms with E-state index in [0.29, 0.717) is 30.0 Å². The number of anilines is 1. The van der Waals surface area contributed by atoms with Crippen molar-refractivity contribution >= 4 is 39.6 Å². The molecular weight excluding hydrogens is 648 g/mol. The summed E-state index contributed by atoms with van der Waals surface area (Å²) in [6.45, 7) is 4.34. The highest BCUT2D eigenvalue weighted by Gasteiger charge is 2.44. The lowest BCUT2D eigenvalue weighted by atomic mass is 10.0. The number of nitrogens with zero attached hydrogens (tertiary/aromatic N) is 2. The minimum Gasteiger partial charge on any atom is -0.443 e. The van der Waals surface area contributed by atoms with Crippen LogP contribution in [-0.2, 0) is 35.4 Å². The molecule has 3 aliphatic rings. The van der Waals surface area contributed by atoms with E-state index in [0.717, 1.165) is 5.56 Å². The molecule has 3 aromatic rings. The third kappa shape index (κ3) is 8.19. The van der Waals surface area contributed by atoms with Gasteiger partial charge in [0.1, 0.15) is 12.0 Å². The first-order chi connectivity index (χ1) is 23.6. The molecule has 6 rings (SSSR count). The van der Waals surface area contributed by atoms with Crippen LogP contribution in [0.15, 0.2) is 88.8 Å². The molecular formula is C36H42N4O8S. The standard InChI is InChI=1S/C36H42N4O8S/c1-23(2)20-40(49(44,45)26-13-14-30-28(18-26)29(34(42)38-30)19-37-25-11-7-4-8-12-25)21-32(41)31(17-24-9-5-3-6-10-24)39-36(43)48-33-22-47-35-27(33)15-16-46-35/h3-14,18-19,23,27,29,31-33,35,41H,15-17,20-22H2,1-2H3,(H,38,42)(H,39,43). The zero-order valence-electron chi connectivity index (χ0n) is 27.5. The smallest absolute Gasteiger partial charge is 0.407 e. The minimum atomic E-state index is -4.17. The van der Waals surface area contributed by atoms with Crippen LogP contribution in [0.1, 0.15) is 37.3 Å². The Morgan fingerprint density at radius 2 is 1.82 bits per heavy atom. The van der Waals surface area contributed by atoms with E-state index in [9.17, 15) is 23.1 Å². The first-order valence-electron chi connectivity index (χ1n) is 16.5. The summed E-state index contributed by atoms with van der Waals surface area (Å²) in [4.78, 5) is 30.4. The summed E-state index contributed by atoms with van der Waals surface area (Å²) in [7, 11) is -4.17. The number of aliphatic hydroxyl groups is 1. The predicted octanol–water partition coefficient (Wildman–Crippen LogP) is 4.23. The average molecular weight is 691 g/mol. The highest BCUT2D eigenvalue weighted by molar-refractivity contribution is 7.89. The molecule has 2 fully saturated rings. The fraction of sp³-hybridized carbons (Fsp3) is 0.417. The maximum atomic E-state index is 14.2. The summed E-state index contributed by atoms with van der Waals surface area (Å²) >= 11 is 0. The molecule has 0 saturated carbocycles. The van der Waals surface area contributed by atoms with Gasteiger partial charge in [-0.2, -0.15) is 4.31 Å². The number of amides is 2. The van der Waals surface area contributed by atoms with Crippen molar-refractivity contribution in [3.63, 3.8) is 0 Å². The van der Waals surface area contributed by atoms with Crippen molar-refractivity contribution in [2.45, 2.75) is 62.0 Å². The van der Waals surface area contributed by atoms with Crippen LogP contribution in [0.25, 0.3) is 0 Å². The number of nitrogens with one attached hydrogen (secondary N) is 2. The molecule has 0 aromatic heterocycles. The fourth-order valence-electron chi connectivity index (χ4n) is 6.43. The van der Waals surface area contributed by atoms with Crippen molar-refractivity contribution in [3.05, 3.63) is 90.0 Å². The van der Waals surface area contributed by atoms with Gasteiger partial charge in [-0.05, 0) is 60.2 Å². The minimum absolute atomic E-state index is 0.0183. The molecule has 3 aromatic carbocycles. The molecule has 2 amide bonds. The number of carbonyl (C=O) groups is 2. The number of benzene rings is 3. The number of para-hydroxylation sites is 1. The number of alkyl carbamates (subject to hydrolysis) is 1. The van der Waals surface area contributed by atoms with Crippen molar-refractivity contribution in [2.75, 3.05) is 31.6 Å². The van der Waals surface area contributed by atoms with Gasteiger partial charge < -0.3 is 30.0 Å². The summed E-state index contributed by atoms with van der Waals surface area (Å²) in [5, 5.41) is 17.3. The number of rotatable bonds is 13. The summed E-state index contributed by atoms with van der Waals surface area (Å²) < 4.78 is 46.6. The van der Waals surface area contributed by atoms with Crippen molar-refractivity contribution in [1.82, 2.24) is 9.62 Å². The molecule has 6 atom stereocenters. The number of hydrogen-bond donors (Lipinski definition) is 3. The van der Waals surface area contributed by atoms with Gasteiger partial charge in [-0.1, -0.05) is 62.4 Å². The van der Waals surface area contributed by atoms with Crippen molar-refractivity contribution in [2.24, 2.45) is 16.8 Å². The maximum Gasteiger partial charge on any atom is 0.407 e. The SMILES string of the molecule is CC(C)CN(CC(O)C(Cc1ccccc1)NC(=O)OC1COC2OCCC12)S(=O)(=O)c1ccc2c(c1)C(C=Nc1ccccc1)C(=O)N2. The molecule has 3 N–H and O–H groups in total. The van der Waals surface area contributed by atoms with Crippen LogP contribution in [0, 0.1) is 11.8 Å². The van der Waals surface area contributed by atoms with Crippen molar-refractivity contribution in [3.8, 4) is 0 Å².